The predicted octanol–water partition coefficient (Wildman–Crippen LogP) is 0.349. The van der Waals surface area contributed by atoms with Crippen LogP contribution >= 0.6 is 0 Å². The van der Waals surface area contributed by atoms with Crippen LogP contribution in [0.5, 0.6) is 0 Å². The van der Waals surface area contributed by atoms with Crippen LogP contribution in [0.15, 0.2) is 18.2 Å². The molecule has 0 unspecified atom stereocenters. The molecule has 0 heterocycles. The fourth-order valence-corrected chi connectivity index (χ4v) is 1.35. The SMILES string of the molecule is NS(=O)(=O)Nc1cc(F)cc([N+](=O)[O-])c1. The van der Waals surface area contributed by atoms with Crippen molar-refractivity contribution < 1.29 is 17.7 Å². The lowest BCUT2D eigenvalue weighted by atomic mass is 10.3. The van der Waals surface area contributed by atoms with Crippen LogP contribution in [-0.2, 0) is 10.2 Å². The molecule has 0 spiro atoms. The first-order valence-corrected chi connectivity index (χ1v) is 5.08. The number of hydrogen-bond donors (Lipinski definition) is 2. The van der Waals surface area contributed by atoms with Gasteiger partial charge < -0.3 is 0 Å². The molecular weight excluding hydrogens is 229 g/mol. The van der Waals surface area contributed by atoms with Gasteiger partial charge in [-0.05, 0) is 6.07 Å². The molecule has 0 aliphatic heterocycles. The van der Waals surface area contributed by atoms with E-state index in [9.17, 15) is 22.9 Å². The number of nitro groups is 1. The fraction of sp³-hybridized carbons (Fsp3) is 0. The molecule has 0 radical (unpaired) electrons. The van der Waals surface area contributed by atoms with Crippen LogP contribution in [0.4, 0.5) is 15.8 Å². The normalized spacial score (nSPS) is 11.1. The summed E-state index contributed by atoms with van der Waals surface area (Å²) in [6.07, 6.45) is 0. The highest BCUT2D eigenvalue weighted by Crippen LogP contribution is 2.20. The largest absolute Gasteiger partial charge is 0.296 e. The van der Waals surface area contributed by atoms with Gasteiger partial charge in [-0.2, -0.15) is 8.42 Å². The zero-order valence-electron chi connectivity index (χ0n) is 7.18. The highest BCUT2D eigenvalue weighted by molar-refractivity contribution is 7.90. The first-order valence-electron chi connectivity index (χ1n) is 3.53. The number of rotatable bonds is 3. The van der Waals surface area contributed by atoms with Crippen LogP contribution in [0, 0.1) is 15.9 Å². The van der Waals surface area contributed by atoms with Gasteiger partial charge in [-0.3, -0.25) is 14.8 Å². The molecular formula is C6H6FN3O4S. The van der Waals surface area contributed by atoms with Crippen LogP contribution in [0.1, 0.15) is 0 Å². The Bertz CT molecular complexity index is 501. The maximum Gasteiger partial charge on any atom is 0.296 e. The maximum atomic E-state index is 12.8. The fourth-order valence-electron chi connectivity index (χ4n) is 0.903. The number of nitrogens with zero attached hydrogens (tertiary/aromatic N) is 1. The molecule has 15 heavy (non-hydrogen) atoms. The van der Waals surface area contributed by atoms with Crippen molar-refractivity contribution >= 4 is 21.6 Å². The minimum Gasteiger partial charge on any atom is -0.271 e. The molecule has 0 atom stereocenters. The summed E-state index contributed by atoms with van der Waals surface area (Å²) in [5.41, 5.74) is -0.870. The summed E-state index contributed by atoms with van der Waals surface area (Å²) in [6, 6.07) is 2.29. The van der Waals surface area contributed by atoms with Gasteiger partial charge in [0.15, 0.2) is 0 Å². The second kappa shape index (κ2) is 3.79. The standard InChI is InChI=1S/C6H6FN3O4S/c7-4-1-5(9-15(8,13)14)3-6(2-4)10(11)12/h1-3,9H,(H2,8,13,14). The molecule has 0 saturated carbocycles. The van der Waals surface area contributed by atoms with Crippen molar-refractivity contribution in [3.05, 3.63) is 34.1 Å². The summed E-state index contributed by atoms with van der Waals surface area (Å²) < 4.78 is 35.6. The summed E-state index contributed by atoms with van der Waals surface area (Å²) in [5, 5.41) is 14.9. The van der Waals surface area contributed by atoms with E-state index in [1.54, 1.807) is 4.72 Å². The van der Waals surface area contributed by atoms with E-state index in [4.69, 9.17) is 0 Å². The quantitative estimate of drug-likeness (QED) is 0.580. The minimum absolute atomic E-state index is 0.302. The van der Waals surface area contributed by atoms with Gasteiger partial charge in [0.05, 0.1) is 16.7 Å². The van der Waals surface area contributed by atoms with Gasteiger partial charge in [0.2, 0.25) is 0 Å². The molecule has 0 aromatic heterocycles. The number of nitrogens with two attached hydrogens (primary N) is 1. The average molecular weight is 235 g/mol. The second-order valence-electron chi connectivity index (χ2n) is 2.60. The van der Waals surface area contributed by atoms with E-state index in [-0.39, 0.29) is 5.69 Å². The van der Waals surface area contributed by atoms with Crippen LogP contribution < -0.4 is 9.86 Å². The molecule has 82 valence electrons. The van der Waals surface area contributed by atoms with Crippen molar-refractivity contribution in [3.8, 4) is 0 Å². The number of benzene rings is 1. The summed E-state index contributed by atoms with van der Waals surface area (Å²) in [6.45, 7) is 0. The van der Waals surface area contributed by atoms with Crippen molar-refractivity contribution in [1.82, 2.24) is 0 Å². The van der Waals surface area contributed by atoms with Gasteiger partial charge in [-0.25, -0.2) is 9.53 Å². The highest BCUT2D eigenvalue weighted by Gasteiger charge is 2.11. The molecule has 0 fully saturated rings. The average Bonchev–Trinajstić information content (AvgIpc) is 1.99. The first-order chi connectivity index (χ1) is 6.78. The molecule has 3 N–H and O–H groups in total. The third-order valence-electron chi connectivity index (χ3n) is 1.35. The van der Waals surface area contributed by atoms with E-state index in [2.05, 4.69) is 5.14 Å². The molecule has 1 aromatic carbocycles. The Morgan fingerprint density at radius 2 is 2.00 bits per heavy atom. The zero-order valence-corrected chi connectivity index (χ0v) is 7.99. The van der Waals surface area contributed by atoms with E-state index in [1.807, 2.05) is 0 Å². The van der Waals surface area contributed by atoms with E-state index in [1.165, 1.54) is 0 Å². The van der Waals surface area contributed by atoms with Crippen LogP contribution in [-0.4, -0.2) is 13.3 Å². The van der Waals surface area contributed by atoms with Gasteiger partial charge in [0.1, 0.15) is 5.82 Å². The predicted molar refractivity (Wildman–Crippen MR) is 49.8 cm³/mol. The smallest absolute Gasteiger partial charge is 0.271 e. The maximum absolute atomic E-state index is 12.8. The van der Waals surface area contributed by atoms with Crippen molar-refractivity contribution in [2.24, 2.45) is 5.14 Å². The first kappa shape index (κ1) is 11.3. The lowest BCUT2D eigenvalue weighted by molar-refractivity contribution is -0.385. The molecule has 0 amide bonds. The van der Waals surface area contributed by atoms with Crippen molar-refractivity contribution in [3.63, 3.8) is 0 Å². The minimum atomic E-state index is -4.08. The number of non-ortho nitro benzene ring substituents is 1. The molecule has 0 saturated heterocycles. The highest BCUT2D eigenvalue weighted by atomic mass is 32.2. The Morgan fingerprint density at radius 1 is 1.40 bits per heavy atom. The number of nitrogens with one attached hydrogen (secondary N) is 1. The van der Waals surface area contributed by atoms with Gasteiger partial charge in [-0.15, -0.1) is 0 Å². The number of anilines is 1. The molecule has 1 rings (SSSR count). The molecule has 0 bridgehead atoms. The van der Waals surface area contributed by atoms with Crippen LogP contribution in [0.2, 0.25) is 0 Å². The summed E-state index contributed by atoms with van der Waals surface area (Å²) in [4.78, 5) is 9.45. The Kier molecular flexibility index (Phi) is 2.86. The van der Waals surface area contributed by atoms with Gasteiger partial charge >= 0.3 is 0 Å². The van der Waals surface area contributed by atoms with E-state index in [0.717, 1.165) is 12.1 Å². The molecule has 9 heteroatoms. The summed E-state index contributed by atoms with van der Waals surface area (Å²) in [7, 11) is -4.08. The second-order valence-corrected chi connectivity index (χ2v) is 3.90. The Balaban J connectivity index is 3.15. The van der Waals surface area contributed by atoms with Gasteiger partial charge in [0.25, 0.3) is 15.9 Å². The Morgan fingerprint density at radius 3 is 2.47 bits per heavy atom. The summed E-state index contributed by atoms with van der Waals surface area (Å²) in [5.74, 6) is -0.935. The number of hydrogen-bond acceptors (Lipinski definition) is 4. The van der Waals surface area contributed by atoms with E-state index in [0.29, 0.717) is 6.07 Å². The molecule has 0 aliphatic carbocycles. The lowest BCUT2D eigenvalue weighted by Gasteiger charge is -2.02. The van der Waals surface area contributed by atoms with Gasteiger partial charge in [-0.1, -0.05) is 0 Å². The lowest BCUT2D eigenvalue weighted by Crippen LogP contribution is -2.21. The van der Waals surface area contributed by atoms with Crippen molar-refractivity contribution in [2.45, 2.75) is 0 Å². The van der Waals surface area contributed by atoms with Crippen molar-refractivity contribution in [1.29, 1.82) is 0 Å². The zero-order chi connectivity index (χ0) is 11.6. The topological polar surface area (TPSA) is 115 Å². The molecule has 0 aliphatic rings. The Hall–Kier alpha value is -1.74. The monoisotopic (exact) mass is 235 g/mol. The molecule has 7 nitrogen and oxygen atoms in total. The van der Waals surface area contributed by atoms with Crippen molar-refractivity contribution in [2.75, 3.05) is 4.72 Å². The molecule has 1 aromatic rings. The van der Waals surface area contributed by atoms with Crippen LogP contribution in [0.3, 0.4) is 0 Å². The van der Waals surface area contributed by atoms with Gasteiger partial charge in [0, 0.05) is 6.07 Å². The number of halogens is 1. The Labute approximate surface area is 84.0 Å². The summed E-state index contributed by atoms with van der Waals surface area (Å²) >= 11 is 0. The third kappa shape index (κ3) is 3.48. The van der Waals surface area contributed by atoms with E-state index < -0.39 is 26.6 Å². The number of nitro benzene ring substituents is 1. The van der Waals surface area contributed by atoms with Crippen LogP contribution in [0.25, 0.3) is 0 Å². The van der Waals surface area contributed by atoms with E-state index >= 15 is 0 Å². The third-order valence-corrected chi connectivity index (χ3v) is 1.87.